The Morgan fingerprint density at radius 2 is 1.76 bits per heavy atom. The molecule has 1 aromatic heterocycles. The van der Waals surface area contributed by atoms with E-state index in [0.717, 1.165) is 0 Å². The Morgan fingerprint density at radius 1 is 1.10 bits per heavy atom. The highest BCUT2D eigenvalue weighted by molar-refractivity contribution is 5.49. The van der Waals surface area contributed by atoms with Crippen LogP contribution in [0.15, 0.2) is 29.1 Å². The number of H-pyrrole nitrogens is 1. The van der Waals surface area contributed by atoms with Gasteiger partial charge in [-0.15, -0.1) is 10.2 Å². The number of hydrogen-bond donors (Lipinski definition) is 1. The van der Waals surface area contributed by atoms with Gasteiger partial charge in [-0.25, -0.2) is 4.39 Å². The van der Waals surface area contributed by atoms with E-state index in [4.69, 9.17) is 0 Å². The van der Waals surface area contributed by atoms with E-state index in [-0.39, 0.29) is 11.4 Å². The van der Waals surface area contributed by atoms with Crippen LogP contribution in [-0.4, -0.2) is 41.4 Å². The summed E-state index contributed by atoms with van der Waals surface area (Å²) in [7, 11) is 0. The number of benzene rings is 1. The number of nitrogens with one attached hydrogen (secondary N) is 1. The lowest BCUT2D eigenvalue weighted by molar-refractivity contribution is 0.591. The minimum Gasteiger partial charge on any atom is -0.366 e. The van der Waals surface area contributed by atoms with Crippen molar-refractivity contribution in [2.75, 3.05) is 36.0 Å². The third kappa shape index (κ3) is 2.72. The summed E-state index contributed by atoms with van der Waals surface area (Å²) in [5.74, 6) is 0.258. The van der Waals surface area contributed by atoms with Gasteiger partial charge in [-0.2, -0.15) is 0 Å². The van der Waals surface area contributed by atoms with Gasteiger partial charge in [-0.1, -0.05) is 12.1 Å². The lowest BCUT2D eigenvalue weighted by Gasteiger charge is -2.36. The normalized spacial score (nSPS) is 15.3. The van der Waals surface area contributed by atoms with Gasteiger partial charge in [0, 0.05) is 26.2 Å². The van der Waals surface area contributed by atoms with E-state index < -0.39 is 0 Å². The molecule has 0 saturated carbocycles. The fourth-order valence-electron chi connectivity index (χ4n) is 2.39. The maximum atomic E-state index is 13.8. The van der Waals surface area contributed by atoms with Crippen LogP contribution < -0.4 is 15.4 Å². The number of aromatic nitrogens is 3. The van der Waals surface area contributed by atoms with Gasteiger partial charge in [0.1, 0.15) is 11.5 Å². The van der Waals surface area contributed by atoms with Crippen LogP contribution in [0.2, 0.25) is 0 Å². The number of nitrogens with zero attached hydrogens (tertiary/aromatic N) is 4. The first-order valence-corrected chi connectivity index (χ1v) is 6.83. The molecule has 2 heterocycles. The molecule has 0 unspecified atom stereocenters. The standard InChI is InChI=1S/C14H16FN5O/c1-10-13(21)16-14(18-17-10)20-8-6-19(7-9-20)12-5-3-2-4-11(12)15/h2-5H,6-9H2,1H3,(H,16,18,21). The van der Waals surface area contributed by atoms with Crippen LogP contribution in [0.25, 0.3) is 0 Å². The van der Waals surface area contributed by atoms with E-state index in [1.54, 1.807) is 19.1 Å². The van der Waals surface area contributed by atoms with Gasteiger partial charge >= 0.3 is 0 Å². The highest BCUT2D eigenvalue weighted by Crippen LogP contribution is 2.20. The quantitative estimate of drug-likeness (QED) is 0.891. The third-order valence-electron chi connectivity index (χ3n) is 3.62. The summed E-state index contributed by atoms with van der Waals surface area (Å²) in [6.07, 6.45) is 0. The van der Waals surface area contributed by atoms with Crippen molar-refractivity contribution in [2.24, 2.45) is 0 Å². The molecule has 1 aliphatic heterocycles. The van der Waals surface area contributed by atoms with E-state index in [0.29, 0.717) is 43.5 Å². The topological polar surface area (TPSA) is 65.1 Å². The molecule has 3 rings (SSSR count). The molecule has 6 nitrogen and oxygen atoms in total. The number of anilines is 2. The largest absolute Gasteiger partial charge is 0.366 e. The first-order chi connectivity index (χ1) is 10.1. The number of para-hydroxylation sites is 1. The van der Waals surface area contributed by atoms with Crippen LogP contribution >= 0.6 is 0 Å². The van der Waals surface area contributed by atoms with Crippen molar-refractivity contribution in [3.63, 3.8) is 0 Å². The summed E-state index contributed by atoms with van der Waals surface area (Å²) in [6, 6.07) is 6.75. The number of halogens is 1. The summed E-state index contributed by atoms with van der Waals surface area (Å²) in [5, 5.41) is 7.84. The molecule has 0 spiro atoms. The molecule has 0 atom stereocenters. The highest BCUT2D eigenvalue weighted by Gasteiger charge is 2.21. The van der Waals surface area contributed by atoms with Gasteiger partial charge in [-0.05, 0) is 19.1 Å². The van der Waals surface area contributed by atoms with Crippen LogP contribution in [0.1, 0.15) is 5.69 Å². The van der Waals surface area contributed by atoms with Gasteiger partial charge in [0.2, 0.25) is 5.95 Å². The molecule has 1 saturated heterocycles. The number of hydrogen-bond acceptors (Lipinski definition) is 5. The van der Waals surface area contributed by atoms with Crippen LogP contribution in [0, 0.1) is 12.7 Å². The van der Waals surface area contributed by atoms with Crippen molar-refractivity contribution in [1.82, 2.24) is 15.2 Å². The van der Waals surface area contributed by atoms with E-state index in [1.807, 2.05) is 15.9 Å². The molecule has 0 radical (unpaired) electrons. The molecule has 110 valence electrons. The van der Waals surface area contributed by atoms with Gasteiger partial charge in [0.15, 0.2) is 0 Å². The van der Waals surface area contributed by atoms with E-state index in [2.05, 4.69) is 15.2 Å². The van der Waals surface area contributed by atoms with Crippen molar-refractivity contribution in [2.45, 2.75) is 6.92 Å². The van der Waals surface area contributed by atoms with Crippen molar-refractivity contribution >= 4 is 11.6 Å². The molecule has 1 aliphatic rings. The number of rotatable bonds is 2. The Balaban J connectivity index is 1.72. The molecule has 7 heteroatoms. The van der Waals surface area contributed by atoms with Gasteiger partial charge in [0.05, 0.1) is 5.69 Å². The van der Waals surface area contributed by atoms with Gasteiger partial charge in [0.25, 0.3) is 5.56 Å². The molecular weight excluding hydrogens is 273 g/mol. The Bertz CT molecular complexity index is 694. The first-order valence-electron chi connectivity index (χ1n) is 6.83. The van der Waals surface area contributed by atoms with Crippen molar-refractivity contribution < 1.29 is 4.39 Å². The average molecular weight is 289 g/mol. The lowest BCUT2D eigenvalue weighted by atomic mass is 10.2. The van der Waals surface area contributed by atoms with Crippen LogP contribution in [0.5, 0.6) is 0 Å². The summed E-state index contributed by atoms with van der Waals surface area (Å²) < 4.78 is 13.8. The second kappa shape index (κ2) is 5.51. The summed E-state index contributed by atoms with van der Waals surface area (Å²) in [5.41, 5.74) is 0.737. The molecule has 0 amide bonds. The maximum absolute atomic E-state index is 13.8. The highest BCUT2D eigenvalue weighted by atomic mass is 19.1. The van der Waals surface area contributed by atoms with E-state index in [9.17, 15) is 9.18 Å². The summed E-state index contributed by atoms with van der Waals surface area (Å²) >= 11 is 0. The second-order valence-electron chi connectivity index (χ2n) is 4.99. The zero-order valence-electron chi connectivity index (χ0n) is 11.7. The molecule has 0 bridgehead atoms. The molecule has 1 aromatic carbocycles. The zero-order chi connectivity index (χ0) is 14.8. The molecule has 2 aromatic rings. The van der Waals surface area contributed by atoms with E-state index >= 15 is 0 Å². The molecule has 1 N–H and O–H groups in total. The van der Waals surface area contributed by atoms with Crippen LogP contribution in [0.4, 0.5) is 16.0 Å². The number of aryl methyl sites for hydroxylation is 1. The monoisotopic (exact) mass is 289 g/mol. The Kier molecular flexibility index (Phi) is 3.55. The Hall–Kier alpha value is -2.44. The second-order valence-corrected chi connectivity index (χ2v) is 4.99. The Labute approximate surface area is 121 Å². The third-order valence-corrected chi connectivity index (χ3v) is 3.62. The van der Waals surface area contributed by atoms with Crippen molar-refractivity contribution in [1.29, 1.82) is 0 Å². The van der Waals surface area contributed by atoms with Gasteiger partial charge < -0.3 is 9.80 Å². The SMILES string of the molecule is Cc1nnc(N2CCN(c3ccccc3F)CC2)[nH]c1=O. The van der Waals surface area contributed by atoms with Crippen molar-refractivity contribution in [3.05, 3.63) is 46.1 Å². The fourth-order valence-corrected chi connectivity index (χ4v) is 2.39. The van der Waals surface area contributed by atoms with Gasteiger partial charge in [-0.3, -0.25) is 9.78 Å². The van der Waals surface area contributed by atoms with E-state index in [1.165, 1.54) is 6.07 Å². The first kappa shape index (κ1) is 13.5. The number of piperazine rings is 1. The predicted octanol–water partition coefficient (Wildman–Crippen LogP) is 0.939. The van der Waals surface area contributed by atoms with Crippen LogP contribution in [-0.2, 0) is 0 Å². The lowest BCUT2D eigenvalue weighted by Crippen LogP contribution is -2.47. The average Bonchev–Trinajstić information content (AvgIpc) is 2.51. The Morgan fingerprint density at radius 3 is 2.43 bits per heavy atom. The van der Waals surface area contributed by atoms with Crippen molar-refractivity contribution in [3.8, 4) is 0 Å². The molecule has 0 aliphatic carbocycles. The number of aromatic amines is 1. The summed E-state index contributed by atoms with van der Waals surface area (Å²) in [4.78, 5) is 18.2. The molecule has 21 heavy (non-hydrogen) atoms. The minimum atomic E-state index is -0.225. The predicted molar refractivity (Wildman–Crippen MR) is 78.2 cm³/mol. The molecular formula is C14H16FN5O. The van der Waals surface area contributed by atoms with Crippen LogP contribution in [0.3, 0.4) is 0 Å². The fraction of sp³-hybridized carbons (Fsp3) is 0.357. The maximum Gasteiger partial charge on any atom is 0.273 e. The molecule has 1 fully saturated rings. The summed E-state index contributed by atoms with van der Waals surface area (Å²) in [6.45, 7) is 4.26. The minimum absolute atomic E-state index is 0.213. The smallest absolute Gasteiger partial charge is 0.273 e. The zero-order valence-corrected chi connectivity index (χ0v) is 11.7.